The average molecular weight is 365 g/mol. The van der Waals surface area contributed by atoms with Crippen molar-refractivity contribution in [1.29, 1.82) is 0 Å². The van der Waals surface area contributed by atoms with Gasteiger partial charge in [0.1, 0.15) is 17.4 Å². The summed E-state index contributed by atoms with van der Waals surface area (Å²) in [5.74, 6) is 0.844. The molecule has 2 aromatic carbocycles. The average Bonchev–Trinajstić information content (AvgIpc) is 2.70. The van der Waals surface area contributed by atoms with Crippen LogP contribution in [0.1, 0.15) is 15.9 Å². The van der Waals surface area contributed by atoms with Gasteiger partial charge in [-0.1, -0.05) is 12.1 Å². The van der Waals surface area contributed by atoms with Gasteiger partial charge in [0.15, 0.2) is 0 Å². The van der Waals surface area contributed by atoms with Crippen LogP contribution in [0.3, 0.4) is 0 Å². The largest absolute Gasteiger partial charge is 0.497 e. The number of carbonyl (C=O) groups is 1. The third-order valence-electron chi connectivity index (χ3n) is 4.00. The van der Waals surface area contributed by atoms with Crippen LogP contribution < -0.4 is 15.4 Å². The summed E-state index contributed by atoms with van der Waals surface area (Å²) in [4.78, 5) is 16.5. The third kappa shape index (κ3) is 5.28. The zero-order valence-corrected chi connectivity index (χ0v) is 14.9. The van der Waals surface area contributed by atoms with Gasteiger partial charge in [-0.2, -0.15) is 0 Å². The van der Waals surface area contributed by atoms with Gasteiger partial charge in [-0.15, -0.1) is 0 Å². The molecule has 0 atom stereocenters. The molecule has 5 nitrogen and oxygen atoms in total. The van der Waals surface area contributed by atoms with Crippen LogP contribution in [0.4, 0.5) is 15.9 Å². The molecule has 2 N–H and O–H groups in total. The predicted octanol–water partition coefficient (Wildman–Crippen LogP) is 3.95. The molecule has 0 saturated carbocycles. The Morgan fingerprint density at radius 3 is 2.52 bits per heavy atom. The van der Waals surface area contributed by atoms with Crippen LogP contribution in [0.25, 0.3) is 0 Å². The number of rotatable bonds is 7. The lowest BCUT2D eigenvalue weighted by Gasteiger charge is -2.09. The molecule has 6 heteroatoms. The number of ether oxygens (including phenoxy) is 1. The Balaban J connectivity index is 1.55. The molecule has 1 heterocycles. The number of pyridine rings is 1. The van der Waals surface area contributed by atoms with Gasteiger partial charge in [-0.25, -0.2) is 9.37 Å². The molecule has 27 heavy (non-hydrogen) atoms. The van der Waals surface area contributed by atoms with Crippen molar-refractivity contribution < 1.29 is 13.9 Å². The van der Waals surface area contributed by atoms with Crippen molar-refractivity contribution >= 4 is 17.4 Å². The van der Waals surface area contributed by atoms with E-state index in [1.807, 2.05) is 24.3 Å². The molecular weight excluding hydrogens is 345 g/mol. The Labute approximate surface area is 157 Å². The molecule has 1 amide bonds. The second kappa shape index (κ2) is 8.80. The van der Waals surface area contributed by atoms with Crippen molar-refractivity contribution in [3.8, 4) is 5.75 Å². The molecule has 0 aliphatic rings. The number of hydrogen-bond acceptors (Lipinski definition) is 4. The first-order chi connectivity index (χ1) is 13.1. The number of carbonyl (C=O) groups excluding carboxylic acids is 1. The maximum Gasteiger partial charge on any atom is 0.251 e. The van der Waals surface area contributed by atoms with E-state index >= 15 is 0 Å². The Kier molecular flexibility index (Phi) is 5.99. The summed E-state index contributed by atoms with van der Waals surface area (Å²) < 4.78 is 18.1. The molecule has 3 aromatic rings. The highest BCUT2D eigenvalue weighted by molar-refractivity contribution is 5.94. The zero-order valence-electron chi connectivity index (χ0n) is 14.9. The lowest BCUT2D eigenvalue weighted by molar-refractivity contribution is 0.0954. The van der Waals surface area contributed by atoms with Gasteiger partial charge in [-0.3, -0.25) is 4.79 Å². The molecular formula is C21H20FN3O2. The van der Waals surface area contributed by atoms with Crippen LogP contribution in [0.2, 0.25) is 0 Å². The van der Waals surface area contributed by atoms with Crippen LogP contribution in [-0.4, -0.2) is 24.5 Å². The van der Waals surface area contributed by atoms with Crippen molar-refractivity contribution in [2.75, 3.05) is 19.0 Å². The highest BCUT2D eigenvalue weighted by atomic mass is 19.1. The normalized spacial score (nSPS) is 10.3. The van der Waals surface area contributed by atoms with Gasteiger partial charge in [0.05, 0.1) is 7.11 Å². The minimum Gasteiger partial charge on any atom is -0.497 e. The highest BCUT2D eigenvalue weighted by Gasteiger charge is 2.07. The quantitative estimate of drug-likeness (QED) is 0.666. The standard InChI is InChI=1S/C21H20FN3O2/c1-27-19-8-2-15(3-9-19)10-12-24-21(26)16-11-13-23-20(14-16)25-18-6-4-17(22)5-7-18/h2-9,11,13-14H,10,12H2,1H3,(H,23,25)(H,24,26). The Morgan fingerprint density at radius 1 is 1.07 bits per heavy atom. The van der Waals surface area contributed by atoms with Gasteiger partial charge in [-0.05, 0) is 60.5 Å². The fourth-order valence-electron chi connectivity index (χ4n) is 2.54. The Bertz CT molecular complexity index is 896. The lowest BCUT2D eigenvalue weighted by atomic mass is 10.1. The first kappa shape index (κ1) is 18.4. The summed E-state index contributed by atoms with van der Waals surface area (Å²) in [6.07, 6.45) is 2.28. The third-order valence-corrected chi connectivity index (χ3v) is 4.00. The fraction of sp³-hybridized carbons (Fsp3) is 0.143. The molecule has 1 aromatic heterocycles. The van der Waals surface area contributed by atoms with E-state index in [1.165, 1.54) is 12.1 Å². The summed E-state index contributed by atoms with van der Waals surface area (Å²) in [5, 5.41) is 5.95. The molecule has 0 aliphatic carbocycles. The molecule has 0 radical (unpaired) electrons. The van der Waals surface area contributed by atoms with E-state index in [-0.39, 0.29) is 11.7 Å². The second-order valence-corrected chi connectivity index (χ2v) is 5.92. The van der Waals surface area contributed by atoms with Crippen molar-refractivity contribution in [3.05, 3.63) is 83.8 Å². The smallest absolute Gasteiger partial charge is 0.251 e. The number of nitrogens with one attached hydrogen (secondary N) is 2. The number of benzene rings is 2. The maximum atomic E-state index is 13.0. The second-order valence-electron chi connectivity index (χ2n) is 5.92. The van der Waals surface area contributed by atoms with Crippen molar-refractivity contribution in [1.82, 2.24) is 10.3 Å². The summed E-state index contributed by atoms with van der Waals surface area (Å²) in [6.45, 7) is 0.522. The summed E-state index contributed by atoms with van der Waals surface area (Å²) in [7, 11) is 1.63. The van der Waals surface area contributed by atoms with Gasteiger partial charge in [0, 0.05) is 24.0 Å². The number of methoxy groups -OCH3 is 1. The number of aromatic nitrogens is 1. The minimum absolute atomic E-state index is 0.173. The first-order valence-electron chi connectivity index (χ1n) is 8.54. The molecule has 0 saturated heterocycles. The highest BCUT2D eigenvalue weighted by Crippen LogP contribution is 2.16. The van der Waals surface area contributed by atoms with Gasteiger partial charge >= 0.3 is 0 Å². The summed E-state index contributed by atoms with van der Waals surface area (Å²) in [5.41, 5.74) is 2.31. The van der Waals surface area contributed by atoms with E-state index in [1.54, 1.807) is 37.6 Å². The van der Waals surface area contributed by atoms with Crippen LogP contribution in [-0.2, 0) is 6.42 Å². The Morgan fingerprint density at radius 2 is 1.81 bits per heavy atom. The summed E-state index contributed by atoms with van der Waals surface area (Å²) >= 11 is 0. The topological polar surface area (TPSA) is 63.2 Å². The number of nitrogens with zero attached hydrogens (tertiary/aromatic N) is 1. The van der Waals surface area contributed by atoms with Crippen LogP contribution in [0.5, 0.6) is 5.75 Å². The van der Waals surface area contributed by atoms with Crippen molar-refractivity contribution in [2.24, 2.45) is 0 Å². The van der Waals surface area contributed by atoms with E-state index in [9.17, 15) is 9.18 Å². The maximum absolute atomic E-state index is 13.0. The first-order valence-corrected chi connectivity index (χ1v) is 8.54. The van der Waals surface area contributed by atoms with E-state index in [2.05, 4.69) is 15.6 Å². The fourth-order valence-corrected chi connectivity index (χ4v) is 2.54. The molecule has 0 unspecified atom stereocenters. The van der Waals surface area contributed by atoms with Crippen LogP contribution in [0.15, 0.2) is 66.9 Å². The van der Waals surface area contributed by atoms with Crippen molar-refractivity contribution in [2.45, 2.75) is 6.42 Å². The molecule has 0 bridgehead atoms. The summed E-state index contributed by atoms with van der Waals surface area (Å²) in [6, 6.07) is 17.0. The zero-order chi connectivity index (χ0) is 19.1. The molecule has 0 spiro atoms. The van der Waals surface area contributed by atoms with Gasteiger partial charge < -0.3 is 15.4 Å². The van der Waals surface area contributed by atoms with E-state index in [0.29, 0.717) is 23.6 Å². The van der Waals surface area contributed by atoms with E-state index in [0.717, 1.165) is 17.7 Å². The van der Waals surface area contributed by atoms with Gasteiger partial charge in [0.2, 0.25) is 0 Å². The SMILES string of the molecule is COc1ccc(CCNC(=O)c2ccnc(Nc3ccc(F)cc3)c2)cc1. The number of amides is 1. The minimum atomic E-state index is -0.307. The molecule has 0 fully saturated rings. The van der Waals surface area contributed by atoms with Crippen LogP contribution in [0, 0.1) is 5.82 Å². The van der Waals surface area contributed by atoms with E-state index in [4.69, 9.17) is 4.74 Å². The molecule has 0 aliphatic heterocycles. The van der Waals surface area contributed by atoms with Crippen molar-refractivity contribution in [3.63, 3.8) is 0 Å². The number of halogens is 1. The monoisotopic (exact) mass is 365 g/mol. The van der Waals surface area contributed by atoms with Gasteiger partial charge in [0.25, 0.3) is 5.91 Å². The van der Waals surface area contributed by atoms with Crippen LogP contribution >= 0.6 is 0 Å². The Hall–Kier alpha value is -3.41. The van der Waals surface area contributed by atoms with E-state index < -0.39 is 0 Å². The number of anilines is 2. The lowest BCUT2D eigenvalue weighted by Crippen LogP contribution is -2.25. The molecule has 3 rings (SSSR count). The predicted molar refractivity (Wildman–Crippen MR) is 103 cm³/mol. The number of hydrogen-bond donors (Lipinski definition) is 2. The molecule has 138 valence electrons.